The van der Waals surface area contributed by atoms with Crippen molar-refractivity contribution in [2.24, 2.45) is 0 Å². The molecule has 1 heterocycles. The molecule has 0 atom stereocenters. The number of nitrogens with two attached hydrogens (primary N) is 1. The van der Waals surface area contributed by atoms with E-state index in [0.29, 0.717) is 11.7 Å². The van der Waals surface area contributed by atoms with Crippen molar-refractivity contribution in [2.75, 3.05) is 12.8 Å². The summed E-state index contributed by atoms with van der Waals surface area (Å²) in [6, 6.07) is 7.94. The van der Waals surface area contributed by atoms with Gasteiger partial charge in [0.1, 0.15) is 5.75 Å². The van der Waals surface area contributed by atoms with E-state index >= 15 is 0 Å². The Morgan fingerprint density at radius 2 is 2.11 bits per heavy atom. The molecule has 0 amide bonds. The zero-order valence-corrected chi connectivity index (χ0v) is 10.4. The van der Waals surface area contributed by atoms with Crippen LogP contribution in [0.25, 0.3) is 11.1 Å². The average molecular weight is 243 g/mol. The van der Waals surface area contributed by atoms with Gasteiger partial charge in [-0.15, -0.1) is 0 Å². The van der Waals surface area contributed by atoms with Gasteiger partial charge in [0.25, 0.3) is 0 Å². The van der Waals surface area contributed by atoms with Crippen LogP contribution in [-0.4, -0.2) is 17.3 Å². The summed E-state index contributed by atoms with van der Waals surface area (Å²) in [5.41, 5.74) is 9.20. The maximum absolute atomic E-state index is 6.02. The number of anilines is 1. The molecule has 3 rings (SSSR count). The molecule has 1 aromatic heterocycles. The van der Waals surface area contributed by atoms with Crippen LogP contribution < -0.4 is 10.5 Å². The molecule has 0 unspecified atom stereocenters. The van der Waals surface area contributed by atoms with Crippen molar-refractivity contribution in [1.29, 1.82) is 0 Å². The summed E-state index contributed by atoms with van der Waals surface area (Å²) in [7, 11) is 1.68. The number of benzene rings is 1. The Balaban J connectivity index is 2.12. The lowest BCUT2D eigenvalue weighted by molar-refractivity contribution is 0.409. The van der Waals surface area contributed by atoms with Gasteiger partial charge in [-0.3, -0.25) is 5.10 Å². The number of nitrogens with zero attached hydrogens (tertiary/aromatic N) is 1. The third-order valence-corrected chi connectivity index (χ3v) is 3.71. The zero-order valence-electron chi connectivity index (χ0n) is 10.4. The molecule has 0 saturated heterocycles. The van der Waals surface area contributed by atoms with E-state index in [2.05, 4.69) is 10.2 Å². The van der Waals surface area contributed by atoms with Gasteiger partial charge in [0.2, 0.25) is 0 Å². The van der Waals surface area contributed by atoms with Crippen LogP contribution in [0.2, 0.25) is 0 Å². The number of H-pyrrole nitrogens is 1. The number of hydrogen-bond acceptors (Lipinski definition) is 3. The Morgan fingerprint density at radius 1 is 1.33 bits per heavy atom. The first kappa shape index (κ1) is 11.1. The van der Waals surface area contributed by atoms with Crippen molar-refractivity contribution in [3.63, 3.8) is 0 Å². The van der Waals surface area contributed by atoms with Crippen LogP contribution >= 0.6 is 0 Å². The summed E-state index contributed by atoms with van der Waals surface area (Å²) in [6.07, 6.45) is 3.71. The van der Waals surface area contributed by atoms with E-state index in [-0.39, 0.29) is 0 Å². The van der Waals surface area contributed by atoms with Crippen molar-refractivity contribution < 1.29 is 4.74 Å². The lowest BCUT2D eigenvalue weighted by atomic mass is 9.80. The highest BCUT2D eigenvalue weighted by molar-refractivity contribution is 5.81. The second kappa shape index (κ2) is 4.37. The van der Waals surface area contributed by atoms with Crippen LogP contribution in [0, 0.1) is 0 Å². The highest BCUT2D eigenvalue weighted by atomic mass is 16.5. The second-order valence-electron chi connectivity index (χ2n) is 4.73. The maximum atomic E-state index is 6.02. The molecular weight excluding hydrogens is 226 g/mol. The van der Waals surface area contributed by atoms with Gasteiger partial charge in [0.15, 0.2) is 5.82 Å². The molecule has 0 aliphatic heterocycles. The van der Waals surface area contributed by atoms with Gasteiger partial charge >= 0.3 is 0 Å². The van der Waals surface area contributed by atoms with Gasteiger partial charge in [-0.2, -0.15) is 5.10 Å². The van der Waals surface area contributed by atoms with Gasteiger partial charge in [-0.25, -0.2) is 0 Å². The van der Waals surface area contributed by atoms with Gasteiger partial charge in [0.05, 0.1) is 12.7 Å². The van der Waals surface area contributed by atoms with E-state index in [1.54, 1.807) is 7.11 Å². The number of para-hydroxylation sites is 1. The predicted molar refractivity (Wildman–Crippen MR) is 71.6 cm³/mol. The Hall–Kier alpha value is -1.97. The van der Waals surface area contributed by atoms with E-state index in [9.17, 15) is 0 Å². The van der Waals surface area contributed by atoms with Crippen molar-refractivity contribution in [1.82, 2.24) is 10.2 Å². The summed E-state index contributed by atoms with van der Waals surface area (Å²) >= 11 is 0. The lowest BCUT2D eigenvalue weighted by Gasteiger charge is -2.25. The molecule has 4 nitrogen and oxygen atoms in total. The average Bonchev–Trinajstić information content (AvgIpc) is 2.69. The van der Waals surface area contributed by atoms with Gasteiger partial charge in [-0.05, 0) is 18.9 Å². The Kier molecular flexibility index (Phi) is 2.70. The van der Waals surface area contributed by atoms with Crippen LogP contribution in [-0.2, 0) is 0 Å². The molecule has 94 valence electrons. The molecular formula is C14H17N3O. The van der Waals surface area contributed by atoms with E-state index in [1.165, 1.54) is 19.3 Å². The molecule has 0 spiro atoms. The number of aromatic nitrogens is 2. The highest BCUT2D eigenvalue weighted by Gasteiger charge is 2.27. The van der Waals surface area contributed by atoms with Crippen molar-refractivity contribution in [3.8, 4) is 16.9 Å². The molecule has 1 aliphatic rings. The number of rotatable bonds is 3. The third kappa shape index (κ3) is 1.65. The number of aromatic amines is 1. The van der Waals surface area contributed by atoms with E-state index in [4.69, 9.17) is 10.5 Å². The fourth-order valence-corrected chi connectivity index (χ4v) is 2.50. The summed E-state index contributed by atoms with van der Waals surface area (Å²) < 4.78 is 5.41. The van der Waals surface area contributed by atoms with Gasteiger partial charge in [-0.1, -0.05) is 24.6 Å². The number of nitrogens with one attached hydrogen (secondary N) is 1. The summed E-state index contributed by atoms with van der Waals surface area (Å²) in [5, 5.41) is 7.26. The fourth-order valence-electron chi connectivity index (χ4n) is 2.50. The topological polar surface area (TPSA) is 63.9 Å². The molecule has 1 aliphatic carbocycles. The number of ether oxygens (including phenoxy) is 1. The summed E-state index contributed by atoms with van der Waals surface area (Å²) in [4.78, 5) is 0. The smallest absolute Gasteiger partial charge is 0.153 e. The van der Waals surface area contributed by atoms with Gasteiger partial charge < -0.3 is 10.5 Å². The van der Waals surface area contributed by atoms with Crippen LogP contribution in [0.15, 0.2) is 24.3 Å². The minimum atomic E-state index is 0.557. The number of methoxy groups -OCH3 is 1. The standard InChI is InChI=1S/C14H17N3O/c1-18-11-8-3-2-7-10(11)12-13(9-5-4-6-9)16-17-14(12)15/h2-3,7-9H,4-6H2,1H3,(H3,15,16,17). The second-order valence-corrected chi connectivity index (χ2v) is 4.73. The highest BCUT2D eigenvalue weighted by Crippen LogP contribution is 2.44. The van der Waals surface area contributed by atoms with Crippen molar-refractivity contribution in [3.05, 3.63) is 30.0 Å². The molecule has 2 aromatic rings. The predicted octanol–water partition coefficient (Wildman–Crippen LogP) is 2.94. The van der Waals surface area contributed by atoms with Gasteiger partial charge in [0, 0.05) is 17.2 Å². The molecule has 3 N–H and O–H groups in total. The summed E-state index contributed by atoms with van der Waals surface area (Å²) in [6.45, 7) is 0. The normalized spacial score (nSPS) is 15.4. The Labute approximate surface area is 106 Å². The quantitative estimate of drug-likeness (QED) is 0.871. The minimum absolute atomic E-state index is 0.557. The first-order valence-corrected chi connectivity index (χ1v) is 6.28. The van der Waals surface area contributed by atoms with Crippen molar-refractivity contribution >= 4 is 5.82 Å². The van der Waals surface area contributed by atoms with Crippen LogP contribution in [0.1, 0.15) is 30.9 Å². The first-order valence-electron chi connectivity index (χ1n) is 6.28. The molecule has 1 fully saturated rings. The van der Waals surface area contributed by atoms with Crippen molar-refractivity contribution in [2.45, 2.75) is 25.2 Å². The van der Waals surface area contributed by atoms with Crippen LogP contribution in [0.5, 0.6) is 5.75 Å². The fraction of sp³-hybridized carbons (Fsp3) is 0.357. The minimum Gasteiger partial charge on any atom is -0.496 e. The molecule has 1 saturated carbocycles. The van der Waals surface area contributed by atoms with E-state index in [0.717, 1.165) is 22.6 Å². The first-order chi connectivity index (χ1) is 8.81. The SMILES string of the molecule is COc1ccccc1-c1c(N)n[nH]c1C1CCC1. The largest absolute Gasteiger partial charge is 0.496 e. The van der Waals surface area contributed by atoms with Crippen LogP contribution in [0.4, 0.5) is 5.82 Å². The van der Waals surface area contributed by atoms with E-state index < -0.39 is 0 Å². The molecule has 18 heavy (non-hydrogen) atoms. The summed E-state index contributed by atoms with van der Waals surface area (Å²) in [5.74, 6) is 1.96. The molecule has 0 bridgehead atoms. The van der Waals surface area contributed by atoms with Crippen LogP contribution in [0.3, 0.4) is 0 Å². The number of nitrogen functional groups attached to an aromatic ring is 1. The Bertz CT molecular complexity index is 558. The van der Waals surface area contributed by atoms with E-state index in [1.807, 2.05) is 24.3 Å². The lowest BCUT2D eigenvalue weighted by Crippen LogP contribution is -2.10. The molecule has 0 radical (unpaired) electrons. The monoisotopic (exact) mass is 243 g/mol. The number of hydrogen-bond donors (Lipinski definition) is 2. The molecule has 4 heteroatoms. The maximum Gasteiger partial charge on any atom is 0.153 e. The zero-order chi connectivity index (χ0) is 12.5. The molecule has 1 aromatic carbocycles. The third-order valence-electron chi connectivity index (χ3n) is 3.71. The Morgan fingerprint density at radius 3 is 2.78 bits per heavy atom.